The quantitative estimate of drug-likeness (QED) is 0.839. The molecule has 0 saturated carbocycles. The molecule has 0 radical (unpaired) electrons. The van der Waals surface area contributed by atoms with E-state index in [4.69, 9.17) is 0 Å². The zero-order valence-electron chi connectivity index (χ0n) is 11.5. The maximum atomic E-state index is 12.4. The van der Waals surface area contributed by atoms with Crippen LogP contribution in [0.2, 0.25) is 0 Å². The lowest BCUT2D eigenvalue weighted by atomic mass is 10.6. The van der Waals surface area contributed by atoms with Gasteiger partial charge in [-0.25, -0.2) is 23.4 Å². The maximum absolute atomic E-state index is 12.4. The van der Waals surface area contributed by atoms with Gasteiger partial charge in [0, 0.05) is 33.5 Å². The molecule has 2 aromatic rings. The smallest absolute Gasteiger partial charge is 0.246 e. The number of rotatable bonds is 5. The molecule has 20 heavy (non-hydrogen) atoms. The van der Waals surface area contributed by atoms with Crippen molar-refractivity contribution >= 4 is 16.0 Å². The molecule has 0 aromatic carbocycles. The lowest BCUT2D eigenvalue weighted by Crippen LogP contribution is -2.28. The molecule has 2 heterocycles. The Bertz CT molecular complexity index is 679. The van der Waals surface area contributed by atoms with Gasteiger partial charge in [0.15, 0.2) is 0 Å². The summed E-state index contributed by atoms with van der Waals surface area (Å²) in [6.07, 6.45) is 5.95. The van der Waals surface area contributed by atoms with Crippen LogP contribution >= 0.6 is 0 Å². The van der Waals surface area contributed by atoms with Crippen LogP contribution in [-0.2, 0) is 23.6 Å². The lowest BCUT2D eigenvalue weighted by Gasteiger charge is -2.16. The highest BCUT2D eigenvalue weighted by atomic mass is 32.2. The van der Waals surface area contributed by atoms with Crippen LogP contribution < -0.4 is 5.32 Å². The Kier molecular flexibility index (Phi) is 4.00. The summed E-state index contributed by atoms with van der Waals surface area (Å²) in [5.74, 6) is 1.03. The fraction of sp³-hybridized carbons (Fsp3) is 0.364. The Labute approximate surface area is 117 Å². The van der Waals surface area contributed by atoms with Crippen molar-refractivity contribution in [2.75, 3.05) is 19.4 Å². The molecule has 0 aliphatic heterocycles. The van der Waals surface area contributed by atoms with Crippen molar-refractivity contribution in [1.29, 1.82) is 0 Å². The molecule has 1 N–H and O–H groups in total. The molecule has 9 heteroatoms. The van der Waals surface area contributed by atoms with Crippen LogP contribution in [0.25, 0.3) is 0 Å². The molecule has 0 unspecified atom stereocenters. The predicted molar refractivity (Wildman–Crippen MR) is 73.4 cm³/mol. The van der Waals surface area contributed by atoms with E-state index in [1.54, 1.807) is 24.0 Å². The van der Waals surface area contributed by atoms with Gasteiger partial charge in [-0.3, -0.25) is 0 Å². The topological polar surface area (TPSA) is 93.0 Å². The van der Waals surface area contributed by atoms with Gasteiger partial charge >= 0.3 is 0 Å². The van der Waals surface area contributed by atoms with Gasteiger partial charge in [0.2, 0.25) is 16.0 Å². The second kappa shape index (κ2) is 5.55. The van der Waals surface area contributed by atoms with E-state index in [0.717, 1.165) is 0 Å². The zero-order valence-corrected chi connectivity index (χ0v) is 12.3. The Hall–Kier alpha value is -2.00. The molecule has 0 aliphatic carbocycles. The molecule has 0 fully saturated rings. The summed E-state index contributed by atoms with van der Waals surface area (Å²) in [5, 5.41) is 2.73. The molecule has 2 aromatic heterocycles. The van der Waals surface area contributed by atoms with Gasteiger partial charge in [-0.1, -0.05) is 0 Å². The number of hydrogen-bond donors (Lipinski definition) is 1. The highest BCUT2D eigenvalue weighted by Crippen LogP contribution is 2.15. The van der Waals surface area contributed by atoms with E-state index >= 15 is 0 Å². The minimum absolute atomic E-state index is 0.0493. The number of aryl methyl sites for hydroxylation is 1. The standard InChI is InChI=1S/C11H16N6O2S/c1-12-11-14-6-9(7-15-11)20(18,19)17(3)8-10-13-4-5-16(10)2/h4-7H,8H2,1-3H3,(H,12,14,15). The average Bonchev–Trinajstić information content (AvgIpc) is 2.84. The van der Waals surface area contributed by atoms with Crippen molar-refractivity contribution in [3.8, 4) is 0 Å². The third-order valence-corrected chi connectivity index (χ3v) is 4.60. The van der Waals surface area contributed by atoms with Crippen LogP contribution in [0.5, 0.6) is 0 Å². The van der Waals surface area contributed by atoms with Crippen molar-refractivity contribution in [3.63, 3.8) is 0 Å². The second-order valence-electron chi connectivity index (χ2n) is 4.21. The van der Waals surface area contributed by atoms with E-state index in [2.05, 4.69) is 20.3 Å². The van der Waals surface area contributed by atoms with E-state index in [1.807, 2.05) is 7.05 Å². The second-order valence-corrected chi connectivity index (χ2v) is 6.25. The van der Waals surface area contributed by atoms with Gasteiger partial charge < -0.3 is 9.88 Å². The van der Waals surface area contributed by atoms with E-state index in [0.29, 0.717) is 11.8 Å². The summed E-state index contributed by atoms with van der Waals surface area (Å²) in [6, 6.07) is 0. The molecule has 0 saturated heterocycles. The average molecular weight is 296 g/mol. The number of nitrogens with one attached hydrogen (secondary N) is 1. The Morgan fingerprint density at radius 1 is 1.30 bits per heavy atom. The molecule has 0 spiro atoms. The largest absolute Gasteiger partial charge is 0.357 e. The Morgan fingerprint density at radius 2 is 1.95 bits per heavy atom. The number of aromatic nitrogens is 4. The van der Waals surface area contributed by atoms with Crippen molar-refractivity contribution in [3.05, 3.63) is 30.6 Å². The van der Waals surface area contributed by atoms with E-state index in [1.165, 1.54) is 23.7 Å². The van der Waals surface area contributed by atoms with Crippen molar-refractivity contribution in [2.45, 2.75) is 11.4 Å². The SMILES string of the molecule is CNc1ncc(S(=O)(=O)N(C)Cc2nccn2C)cn1. The highest BCUT2D eigenvalue weighted by Gasteiger charge is 2.23. The summed E-state index contributed by atoms with van der Waals surface area (Å²) in [6.45, 7) is 0.180. The third kappa shape index (κ3) is 2.78. The van der Waals surface area contributed by atoms with Gasteiger partial charge in [-0.05, 0) is 0 Å². The third-order valence-electron chi connectivity index (χ3n) is 2.84. The molecule has 0 atom stereocenters. The minimum atomic E-state index is -3.63. The molecule has 108 valence electrons. The highest BCUT2D eigenvalue weighted by molar-refractivity contribution is 7.89. The Morgan fingerprint density at radius 3 is 2.45 bits per heavy atom. The first kappa shape index (κ1) is 14.4. The van der Waals surface area contributed by atoms with Crippen LogP contribution in [0.4, 0.5) is 5.95 Å². The first-order valence-corrected chi connectivity index (χ1v) is 7.31. The minimum Gasteiger partial charge on any atom is -0.357 e. The first-order chi connectivity index (χ1) is 9.45. The number of nitrogens with zero attached hydrogens (tertiary/aromatic N) is 5. The lowest BCUT2D eigenvalue weighted by molar-refractivity contribution is 0.450. The number of sulfonamides is 1. The zero-order chi connectivity index (χ0) is 14.8. The van der Waals surface area contributed by atoms with Crippen LogP contribution in [-0.4, -0.2) is 46.3 Å². The molecule has 0 aliphatic rings. The van der Waals surface area contributed by atoms with Crippen molar-refractivity contribution in [1.82, 2.24) is 23.8 Å². The van der Waals surface area contributed by atoms with E-state index in [9.17, 15) is 8.42 Å². The number of imidazole rings is 1. The fourth-order valence-corrected chi connectivity index (χ4v) is 2.61. The number of anilines is 1. The van der Waals surface area contributed by atoms with Crippen LogP contribution in [0.1, 0.15) is 5.82 Å². The maximum Gasteiger partial charge on any atom is 0.246 e. The van der Waals surface area contributed by atoms with Crippen LogP contribution in [0, 0.1) is 0 Å². The molecule has 2 rings (SSSR count). The summed E-state index contributed by atoms with van der Waals surface area (Å²) in [5.41, 5.74) is 0. The van der Waals surface area contributed by atoms with E-state index < -0.39 is 10.0 Å². The molecule has 0 amide bonds. The van der Waals surface area contributed by atoms with Gasteiger partial charge in [-0.15, -0.1) is 0 Å². The first-order valence-electron chi connectivity index (χ1n) is 5.87. The summed E-state index contributed by atoms with van der Waals surface area (Å²) in [4.78, 5) is 12.0. The van der Waals surface area contributed by atoms with Crippen molar-refractivity contribution in [2.24, 2.45) is 7.05 Å². The molecular weight excluding hydrogens is 280 g/mol. The summed E-state index contributed by atoms with van der Waals surface area (Å²) >= 11 is 0. The molecule has 0 bridgehead atoms. The summed E-state index contributed by atoms with van der Waals surface area (Å²) < 4.78 is 27.7. The van der Waals surface area contributed by atoms with Crippen LogP contribution in [0.3, 0.4) is 0 Å². The van der Waals surface area contributed by atoms with Gasteiger partial charge in [0.25, 0.3) is 0 Å². The van der Waals surface area contributed by atoms with Gasteiger partial charge in [-0.2, -0.15) is 4.31 Å². The Balaban J connectivity index is 2.22. The van der Waals surface area contributed by atoms with Crippen LogP contribution in [0.15, 0.2) is 29.7 Å². The fourth-order valence-electron chi connectivity index (χ4n) is 1.59. The van der Waals surface area contributed by atoms with Crippen molar-refractivity contribution < 1.29 is 8.42 Å². The van der Waals surface area contributed by atoms with Gasteiger partial charge in [0.1, 0.15) is 10.7 Å². The molecule has 8 nitrogen and oxygen atoms in total. The monoisotopic (exact) mass is 296 g/mol. The summed E-state index contributed by atoms with van der Waals surface area (Å²) in [7, 11) is 1.34. The molecular formula is C11H16N6O2S. The van der Waals surface area contributed by atoms with Gasteiger partial charge in [0.05, 0.1) is 18.9 Å². The predicted octanol–water partition coefficient (Wildman–Crippen LogP) is 0.0725. The van der Waals surface area contributed by atoms with E-state index in [-0.39, 0.29) is 11.4 Å². The normalized spacial score (nSPS) is 11.8. The number of hydrogen-bond acceptors (Lipinski definition) is 6.